The van der Waals surface area contributed by atoms with Gasteiger partial charge in [-0.25, -0.2) is 0 Å². The highest BCUT2D eigenvalue weighted by atomic mass is 16.3. The first-order chi connectivity index (χ1) is 7.15. The van der Waals surface area contributed by atoms with E-state index in [9.17, 15) is 10.2 Å². The Morgan fingerprint density at radius 3 is 3.00 bits per heavy atom. The lowest BCUT2D eigenvalue weighted by Gasteiger charge is -2.15. The molecule has 4 nitrogen and oxygen atoms in total. The van der Waals surface area contributed by atoms with Crippen LogP contribution in [0.3, 0.4) is 0 Å². The second-order valence-electron chi connectivity index (χ2n) is 4.10. The van der Waals surface area contributed by atoms with Gasteiger partial charge in [0, 0.05) is 25.3 Å². The molecule has 15 heavy (non-hydrogen) atoms. The van der Waals surface area contributed by atoms with Gasteiger partial charge in [-0.2, -0.15) is 0 Å². The zero-order valence-corrected chi connectivity index (χ0v) is 8.85. The van der Waals surface area contributed by atoms with Gasteiger partial charge in [-0.3, -0.25) is 9.88 Å². The van der Waals surface area contributed by atoms with Gasteiger partial charge in [0.1, 0.15) is 5.75 Å². The van der Waals surface area contributed by atoms with Gasteiger partial charge in [0.2, 0.25) is 0 Å². The molecular formula is C11H16N2O2. The van der Waals surface area contributed by atoms with Crippen molar-refractivity contribution >= 4 is 0 Å². The molecule has 2 heterocycles. The molecule has 0 aromatic carbocycles. The number of nitrogens with zero attached hydrogens (tertiary/aromatic N) is 2. The first-order valence-electron chi connectivity index (χ1n) is 5.21. The molecule has 1 fully saturated rings. The van der Waals surface area contributed by atoms with Crippen LogP contribution in [-0.2, 0) is 6.54 Å². The molecule has 1 aromatic heterocycles. The molecule has 1 aliphatic heterocycles. The van der Waals surface area contributed by atoms with Gasteiger partial charge in [-0.1, -0.05) is 0 Å². The summed E-state index contributed by atoms with van der Waals surface area (Å²) < 4.78 is 0. The minimum Gasteiger partial charge on any atom is -0.506 e. The number of aromatic hydroxyl groups is 1. The summed E-state index contributed by atoms with van der Waals surface area (Å²) in [6.45, 7) is 4.07. The van der Waals surface area contributed by atoms with Gasteiger partial charge in [0.15, 0.2) is 0 Å². The van der Waals surface area contributed by atoms with Crippen molar-refractivity contribution in [1.82, 2.24) is 9.88 Å². The number of likely N-dealkylation sites (tertiary alicyclic amines) is 1. The van der Waals surface area contributed by atoms with Crippen LogP contribution in [0, 0.1) is 6.92 Å². The third-order valence-corrected chi connectivity index (χ3v) is 2.71. The molecule has 0 amide bonds. The topological polar surface area (TPSA) is 56.6 Å². The van der Waals surface area contributed by atoms with Crippen molar-refractivity contribution in [2.75, 3.05) is 13.1 Å². The second-order valence-corrected chi connectivity index (χ2v) is 4.10. The van der Waals surface area contributed by atoms with Crippen molar-refractivity contribution in [1.29, 1.82) is 0 Å². The van der Waals surface area contributed by atoms with E-state index in [0.29, 0.717) is 18.8 Å². The fourth-order valence-electron chi connectivity index (χ4n) is 1.89. The molecule has 0 unspecified atom stereocenters. The fourth-order valence-corrected chi connectivity index (χ4v) is 1.89. The summed E-state index contributed by atoms with van der Waals surface area (Å²) in [5, 5.41) is 19.0. The zero-order chi connectivity index (χ0) is 10.8. The molecule has 0 saturated carbocycles. The number of hydrogen-bond donors (Lipinski definition) is 2. The number of aryl methyl sites for hydroxylation is 1. The average Bonchev–Trinajstić information content (AvgIpc) is 2.58. The predicted octanol–water partition coefficient (Wildman–Crippen LogP) is 0.662. The Morgan fingerprint density at radius 1 is 1.53 bits per heavy atom. The lowest BCUT2D eigenvalue weighted by Crippen LogP contribution is -2.22. The first-order valence-corrected chi connectivity index (χ1v) is 5.21. The Morgan fingerprint density at radius 2 is 2.33 bits per heavy atom. The van der Waals surface area contributed by atoms with Gasteiger partial charge in [-0.15, -0.1) is 0 Å². The largest absolute Gasteiger partial charge is 0.506 e. The monoisotopic (exact) mass is 208 g/mol. The fraction of sp³-hybridized carbons (Fsp3) is 0.545. The lowest BCUT2D eigenvalue weighted by atomic mass is 10.2. The Balaban J connectivity index is 2.07. The first kappa shape index (κ1) is 10.4. The molecule has 4 heteroatoms. The maximum atomic E-state index is 9.61. The van der Waals surface area contributed by atoms with E-state index in [4.69, 9.17) is 0 Å². The van der Waals surface area contributed by atoms with Crippen LogP contribution < -0.4 is 0 Å². The van der Waals surface area contributed by atoms with Crippen molar-refractivity contribution in [3.8, 4) is 5.75 Å². The van der Waals surface area contributed by atoms with Crippen LogP contribution in [0.5, 0.6) is 5.75 Å². The van der Waals surface area contributed by atoms with Crippen LogP contribution in [0.15, 0.2) is 12.1 Å². The molecule has 2 rings (SSSR count). The molecule has 1 aromatic rings. The van der Waals surface area contributed by atoms with Crippen molar-refractivity contribution in [3.63, 3.8) is 0 Å². The summed E-state index contributed by atoms with van der Waals surface area (Å²) in [6, 6.07) is 3.46. The van der Waals surface area contributed by atoms with E-state index in [-0.39, 0.29) is 11.9 Å². The van der Waals surface area contributed by atoms with Gasteiger partial charge < -0.3 is 10.2 Å². The van der Waals surface area contributed by atoms with Gasteiger partial charge in [-0.05, 0) is 25.5 Å². The van der Waals surface area contributed by atoms with Crippen molar-refractivity contribution in [3.05, 3.63) is 23.5 Å². The molecule has 1 aliphatic rings. The summed E-state index contributed by atoms with van der Waals surface area (Å²) in [5.74, 6) is 0.238. The van der Waals surface area contributed by atoms with Crippen LogP contribution >= 0.6 is 0 Å². The molecule has 2 N–H and O–H groups in total. The van der Waals surface area contributed by atoms with Gasteiger partial charge in [0.25, 0.3) is 0 Å². The third-order valence-electron chi connectivity index (χ3n) is 2.71. The maximum absolute atomic E-state index is 9.61. The Labute approximate surface area is 89.2 Å². The van der Waals surface area contributed by atoms with Crippen molar-refractivity contribution in [2.24, 2.45) is 0 Å². The number of pyridine rings is 1. The number of aliphatic hydroxyl groups is 1. The van der Waals surface area contributed by atoms with Crippen molar-refractivity contribution < 1.29 is 10.2 Å². The van der Waals surface area contributed by atoms with E-state index in [1.807, 2.05) is 6.92 Å². The third kappa shape index (κ3) is 2.46. The van der Waals surface area contributed by atoms with Crippen LogP contribution in [0.4, 0.5) is 0 Å². The highest BCUT2D eigenvalue weighted by Gasteiger charge is 2.21. The quantitative estimate of drug-likeness (QED) is 0.749. The number of aliphatic hydroxyl groups excluding tert-OH is 1. The number of hydrogen-bond acceptors (Lipinski definition) is 4. The summed E-state index contributed by atoms with van der Waals surface area (Å²) >= 11 is 0. The SMILES string of the molecule is Cc1ccc(O)c(CN2CC[C@H](O)C2)n1. The summed E-state index contributed by atoms with van der Waals surface area (Å²) in [5.41, 5.74) is 1.60. The molecular weight excluding hydrogens is 192 g/mol. The summed E-state index contributed by atoms with van der Waals surface area (Å²) in [4.78, 5) is 6.39. The van der Waals surface area contributed by atoms with Crippen LogP contribution in [-0.4, -0.2) is 39.3 Å². The summed E-state index contributed by atoms with van der Waals surface area (Å²) in [6.07, 6.45) is 0.587. The zero-order valence-electron chi connectivity index (χ0n) is 8.85. The predicted molar refractivity (Wildman–Crippen MR) is 56.5 cm³/mol. The minimum atomic E-state index is -0.225. The molecule has 0 aliphatic carbocycles. The van der Waals surface area contributed by atoms with Crippen LogP contribution in [0.1, 0.15) is 17.8 Å². The highest BCUT2D eigenvalue weighted by Crippen LogP contribution is 2.19. The van der Waals surface area contributed by atoms with E-state index in [1.165, 1.54) is 0 Å². The Hall–Kier alpha value is -1.13. The van der Waals surface area contributed by atoms with E-state index >= 15 is 0 Å². The van der Waals surface area contributed by atoms with Gasteiger partial charge in [0.05, 0.1) is 11.8 Å². The molecule has 1 atom stereocenters. The van der Waals surface area contributed by atoms with Crippen LogP contribution in [0.25, 0.3) is 0 Å². The Bertz CT molecular complexity index is 354. The molecule has 0 spiro atoms. The van der Waals surface area contributed by atoms with Crippen molar-refractivity contribution in [2.45, 2.75) is 26.0 Å². The smallest absolute Gasteiger partial charge is 0.138 e. The summed E-state index contributed by atoms with van der Waals surface area (Å²) in [7, 11) is 0. The maximum Gasteiger partial charge on any atom is 0.138 e. The molecule has 0 bridgehead atoms. The normalized spacial score (nSPS) is 22.1. The van der Waals surface area contributed by atoms with E-state index in [2.05, 4.69) is 9.88 Å². The lowest BCUT2D eigenvalue weighted by molar-refractivity contribution is 0.174. The highest BCUT2D eigenvalue weighted by molar-refractivity contribution is 5.27. The molecule has 1 saturated heterocycles. The minimum absolute atomic E-state index is 0.225. The number of rotatable bonds is 2. The average molecular weight is 208 g/mol. The Kier molecular flexibility index (Phi) is 2.88. The molecule has 82 valence electrons. The van der Waals surface area contributed by atoms with Gasteiger partial charge >= 0.3 is 0 Å². The number of β-amino-alcohol motifs (C(OH)–C–C–N with tert-alkyl or cyclic N) is 1. The van der Waals surface area contributed by atoms with Crippen LogP contribution in [0.2, 0.25) is 0 Å². The standard InChI is InChI=1S/C11H16N2O2/c1-8-2-3-11(15)10(12-8)7-13-5-4-9(14)6-13/h2-3,9,14-15H,4-7H2,1H3/t9-/m0/s1. The van der Waals surface area contributed by atoms with E-state index in [1.54, 1.807) is 12.1 Å². The second kappa shape index (κ2) is 4.16. The number of aromatic nitrogens is 1. The van der Waals surface area contributed by atoms with E-state index < -0.39 is 0 Å². The van der Waals surface area contributed by atoms with E-state index in [0.717, 1.165) is 18.7 Å². The molecule has 0 radical (unpaired) electrons.